The van der Waals surface area contributed by atoms with Crippen LogP contribution in [0.5, 0.6) is 0 Å². The van der Waals surface area contributed by atoms with Crippen LogP contribution in [-0.2, 0) is 23.0 Å². The lowest BCUT2D eigenvalue weighted by molar-refractivity contribution is -0.0247. The number of aromatic nitrogens is 3. The van der Waals surface area contributed by atoms with Crippen molar-refractivity contribution in [2.75, 3.05) is 6.61 Å². The standard InChI is InChI=1S/C13H22BrN3O/c1-3-5-17-12(15-16-13(17)9-14)8-10-6-11(7-10)18-4-2/h10-11H,3-9H2,1-2H3. The lowest BCUT2D eigenvalue weighted by atomic mass is 9.80. The minimum Gasteiger partial charge on any atom is -0.378 e. The Labute approximate surface area is 117 Å². The molecule has 5 heteroatoms. The van der Waals surface area contributed by atoms with E-state index in [9.17, 15) is 0 Å². The third-order valence-electron chi connectivity index (χ3n) is 3.54. The van der Waals surface area contributed by atoms with Crippen molar-refractivity contribution < 1.29 is 4.74 Å². The topological polar surface area (TPSA) is 39.9 Å². The molecule has 0 saturated heterocycles. The lowest BCUT2D eigenvalue weighted by Gasteiger charge is -2.34. The van der Waals surface area contributed by atoms with E-state index >= 15 is 0 Å². The van der Waals surface area contributed by atoms with Crippen LogP contribution in [0, 0.1) is 5.92 Å². The fraction of sp³-hybridized carbons (Fsp3) is 0.846. The van der Waals surface area contributed by atoms with E-state index in [-0.39, 0.29) is 0 Å². The van der Waals surface area contributed by atoms with Crippen molar-refractivity contribution in [2.45, 2.75) is 57.5 Å². The van der Waals surface area contributed by atoms with E-state index in [2.05, 4.69) is 44.5 Å². The molecule has 4 nitrogen and oxygen atoms in total. The molecule has 18 heavy (non-hydrogen) atoms. The molecular formula is C13H22BrN3O. The van der Waals surface area contributed by atoms with E-state index in [0.717, 1.165) is 48.9 Å². The summed E-state index contributed by atoms with van der Waals surface area (Å²) in [5.74, 6) is 2.92. The van der Waals surface area contributed by atoms with Crippen LogP contribution in [0.15, 0.2) is 0 Å². The van der Waals surface area contributed by atoms with Crippen LogP contribution in [0.4, 0.5) is 0 Å². The highest BCUT2D eigenvalue weighted by Gasteiger charge is 2.31. The summed E-state index contributed by atoms with van der Waals surface area (Å²) in [6.07, 6.45) is 5.01. The second kappa shape index (κ2) is 6.66. The van der Waals surface area contributed by atoms with E-state index < -0.39 is 0 Å². The average Bonchev–Trinajstić information content (AvgIpc) is 2.70. The third kappa shape index (κ3) is 3.12. The minimum absolute atomic E-state index is 0.484. The highest BCUT2D eigenvalue weighted by Crippen LogP contribution is 2.32. The number of alkyl halides is 1. The first-order valence-corrected chi connectivity index (χ1v) is 7.99. The van der Waals surface area contributed by atoms with Gasteiger partial charge in [-0.3, -0.25) is 0 Å². The van der Waals surface area contributed by atoms with E-state index in [1.807, 2.05) is 0 Å². The van der Waals surface area contributed by atoms with Crippen molar-refractivity contribution in [3.63, 3.8) is 0 Å². The third-order valence-corrected chi connectivity index (χ3v) is 4.04. The molecule has 0 amide bonds. The number of ether oxygens (including phenoxy) is 1. The molecule has 0 unspecified atom stereocenters. The predicted molar refractivity (Wildman–Crippen MR) is 74.8 cm³/mol. The van der Waals surface area contributed by atoms with E-state index in [0.29, 0.717) is 6.10 Å². The zero-order valence-corrected chi connectivity index (χ0v) is 12.8. The molecule has 0 spiro atoms. The van der Waals surface area contributed by atoms with Gasteiger partial charge in [0.05, 0.1) is 11.4 Å². The highest BCUT2D eigenvalue weighted by molar-refractivity contribution is 9.08. The smallest absolute Gasteiger partial charge is 0.143 e. The van der Waals surface area contributed by atoms with Crippen molar-refractivity contribution in [3.8, 4) is 0 Å². The van der Waals surface area contributed by atoms with Crippen LogP contribution in [0.3, 0.4) is 0 Å². The van der Waals surface area contributed by atoms with Gasteiger partial charge in [0.25, 0.3) is 0 Å². The number of nitrogens with zero attached hydrogens (tertiary/aromatic N) is 3. The van der Waals surface area contributed by atoms with E-state index in [1.54, 1.807) is 0 Å². The maximum atomic E-state index is 5.60. The Bertz CT molecular complexity index is 374. The van der Waals surface area contributed by atoms with Crippen molar-refractivity contribution in [3.05, 3.63) is 11.6 Å². The molecule has 1 fully saturated rings. The lowest BCUT2D eigenvalue weighted by Crippen LogP contribution is -2.33. The summed E-state index contributed by atoms with van der Waals surface area (Å²) in [4.78, 5) is 0. The second-order valence-corrected chi connectivity index (χ2v) is 5.50. The van der Waals surface area contributed by atoms with Crippen molar-refractivity contribution in [2.24, 2.45) is 5.92 Å². The first-order valence-electron chi connectivity index (χ1n) is 6.86. The van der Waals surface area contributed by atoms with E-state index in [1.165, 1.54) is 12.8 Å². The maximum absolute atomic E-state index is 5.60. The first-order chi connectivity index (χ1) is 8.78. The van der Waals surface area contributed by atoms with Gasteiger partial charge in [-0.1, -0.05) is 22.9 Å². The summed E-state index contributed by atoms with van der Waals surface area (Å²) >= 11 is 3.48. The van der Waals surface area contributed by atoms with Crippen molar-refractivity contribution in [1.29, 1.82) is 0 Å². The van der Waals surface area contributed by atoms with Gasteiger partial charge in [0.1, 0.15) is 11.6 Å². The quantitative estimate of drug-likeness (QED) is 0.726. The van der Waals surface area contributed by atoms with Gasteiger partial charge in [-0.15, -0.1) is 10.2 Å². The van der Waals surface area contributed by atoms with E-state index in [4.69, 9.17) is 4.74 Å². The molecule has 0 aromatic carbocycles. The summed E-state index contributed by atoms with van der Waals surface area (Å²) in [6.45, 7) is 6.10. The molecule has 2 rings (SSSR count). The van der Waals surface area contributed by atoms with Gasteiger partial charge in [-0.05, 0) is 32.1 Å². The number of halogens is 1. The van der Waals surface area contributed by atoms with Crippen molar-refractivity contribution >= 4 is 15.9 Å². The van der Waals surface area contributed by atoms with Crippen molar-refractivity contribution in [1.82, 2.24) is 14.8 Å². The summed E-state index contributed by atoms with van der Waals surface area (Å²) in [7, 11) is 0. The fourth-order valence-corrected chi connectivity index (χ4v) is 2.99. The summed E-state index contributed by atoms with van der Waals surface area (Å²) in [5, 5.41) is 9.38. The number of hydrogen-bond donors (Lipinski definition) is 0. The van der Waals surface area contributed by atoms with Gasteiger partial charge < -0.3 is 9.30 Å². The number of rotatable bonds is 7. The molecule has 0 N–H and O–H groups in total. The molecule has 0 aliphatic heterocycles. The normalized spacial score (nSPS) is 23.1. The first kappa shape index (κ1) is 14.0. The monoisotopic (exact) mass is 315 g/mol. The summed E-state index contributed by atoms with van der Waals surface area (Å²) in [6, 6.07) is 0. The molecule has 0 bridgehead atoms. The largest absolute Gasteiger partial charge is 0.378 e. The molecular weight excluding hydrogens is 294 g/mol. The van der Waals surface area contributed by atoms with Gasteiger partial charge in [-0.2, -0.15) is 0 Å². The van der Waals surface area contributed by atoms with Gasteiger partial charge in [-0.25, -0.2) is 0 Å². The Hall–Kier alpha value is -0.420. The van der Waals surface area contributed by atoms with Crippen LogP contribution in [0.2, 0.25) is 0 Å². The van der Waals surface area contributed by atoms with Crippen LogP contribution >= 0.6 is 15.9 Å². The second-order valence-electron chi connectivity index (χ2n) is 4.94. The molecule has 1 aliphatic carbocycles. The van der Waals surface area contributed by atoms with Crippen LogP contribution < -0.4 is 0 Å². The number of hydrogen-bond acceptors (Lipinski definition) is 3. The van der Waals surface area contributed by atoms with Gasteiger partial charge in [0, 0.05) is 19.6 Å². The Balaban J connectivity index is 1.91. The molecule has 1 aliphatic rings. The Kier molecular flexibility index (Phi) is 5.18. The van der Waals surface area contributed by atoms with Gasteiger partial charge in [0.2, 0.25) is 0 Å². The Morgan fingerprint density at radius 3 is 2.61 bits per heavy atom. The van der Waals surface area contributed by atoms with Crippen LogP contribution in [0.1, 0.15) is 44.8 Å². The molecule has 1 saturated carbocycles. The predicted octanol–water partition coefficient (Wildman–Crippen LogP) is 2.94. The zero-order chi connectivity index (χ0) is 13.0. The van der Waals surface area contributed by atoms with Gasteiger partial charge >= 0.3 is 0 Å². The molecule has 0 atom stereocenters. The Morgan fingerprint density at radius 2 is 2.00 bits per heavy atom. The molecule has 1 aromatic heterocycles. The minimum atomic E-state index is 0.484. The SMILES string of the molecule is CCCn1c(CBr)nnc1CC1CC(OCC)C1. The Morgan fingerprint density at radius 1 is 1.28 bits per heavy atom. The van der Waals surface area contributed by atoms with Gasteiger partial charge in [0.15, 0.2) is 0 Å². The zero-order valence-electron chi connectivity index (χ0n) is 11.2. The highest BCUT2D eigenvalue weighted by atomic mass is 79.9. The molecule has 1 aromatic rings. The molecule has 0 radical (unpaired) electrons. The fourth-order valence-electron chi connectivity index (χ4n) is 2.58. The van der Waals surface area contributed by atoms with Crippen LogP contribution in [-0.4, -0.2) is 27.5 Å². The summed E-state index contributed by atoms with van der Waals surface area (Å²) in [5.41, 5.74) is 0. The van der Waals surface area contributed by atoms with Crippen LogP contribution in [0.25, 0.3) is 0 Å². The average molecular weight is 316 g/mol. The summed E-state index contributed by atoms with van der Waals surface area (Å²) < 4.78 is 7.87. The maximum Gasteiger partial charge on any atom is 0.143 e. The molecule has 1 heterocycles. The molecule has 102 valence electrons.